The minimum atomic E-state index is -0.272. The smallest absolute Gasteiger partial charge is 0.270 e. The fourth-order valence-corrected chi connectivity index (χ4v) is 5.21. The predicted molar refractivity (Wildman–Crippen MR) is 150 cm³/mol. The van der Waals surface area contributed by atoms with Crippen molar-refractivity contribution in [3.05, 3.63) is 87.8 Å². The second kappa shape index (κ2) is 11.0. The molecule has 0 aliphatic carbocycles. The molecule has 6 nitrogen and oxygen atoms in total. The number of methoxy groups -OCH3 is 1. The minimum absolute atomic E-state index is 0.165. The van der Waals surface area contributed by atoms with Crippen molar-refractivity contribution in [1.82, 2.24) is 0 Å². The number of amides is 2. The lowest BCUT2D eigenvalue weighted by Gasteiger charge is -2.16. The van der Waals surface area contributed by atoms with Crippen LogP contribution in [0.1, 0.15) is 22.3 Å². The molecule has 0 unspecified atom stereocenters. The van der Waals surface area contributed by atoms with Gasteiger partial charge in [-0.2, -0.15) is 0 Å². The minimum Gasteiger partial charge on any atom is -0.493 e. The van der Waals surface area contributed by atoms with Gasteiger partial charge in [0.1, 0.15) is 0 Å². The number of aryl methyl sites for hydroxylation is 3. The van der Waals surface area contributed by atoms with Crippen molar-refractivity contribution < 1.29 is 19.1 Å². The Hall–Kier alpha value is -3.62. The molecule has 36 heavy (non-hydrogen) atoms. The van der Waals surface area contributed by atoms with Gasteiger partial charge in [0, 0.05) is 5.69 Å². The van der Waals surface area contributed by atoms with Gasteiger partial charge in [-0.25, -0.2) is 0 Å². The van der Waals surface area contributed by atoms with Crippen LogP contribution in [-0.4, -0.2) is 29.9 Å². The molecule has 1 aliphatic heterocycles. The molecule has 184 valence electrons. The lowest BCUT2D eigenvalue weighted by Crippen LogP contribution is -2.28. The largest absolute Gasteiger partial charge is 0.493 e. The van der Waals surface area contributed by atoms with Crippen molar-refractivity contribution in [3.8, 4) is 11.5 Å². The summed E-state index contributed by atoms with van der Waals surface area (Å²) >= 11 is 6.75. The van der Waals surface area contributed by atoms with Gasteiger partial charge in [-0.3, -0.25) is 14.5 Å². The first-order valence-electron chi connectivity index (χ1n) is 11.3. The van der Waals surface area contributed by atoms with Gasteiger partial charge in [0.05, 0.1) is 17.7 Å². The molecule has 8 heteroatoms. The van der Waals surface area contributed by atoms with E-state index in [-0.39, 0.29) is 18.4 Å². The Morgan fingerprint density at radius 2 is 1.75 bits per heavy atom. The summed E-state index contributed by atoms with van der Waals surface area (Å²) in [6.45, 7) is 5.74. The van der Waals surface area contributed by atoms with Crippen LogP contribution in [0.25, 0.3) is 6.08 Å². The number of rotatable bonds is 7. The topological polar surface area (TPSA) is 67.9 Å². The monoisotopic (exact) mass is 518 g/mol. The van der Waals surface area contributed by atoms with E-state index in [1.807, 2.05) is 63.2 Å². The summed E-state index contributed by atoms with van der Waals surface area (Å²) in [5.74, 6) is 0.447. The van der Waals surface area contributed by atoms with Gasteiger partial charge in [0.25, 0.3) is 11.8 Å². The van der Waals surface area contributed by atoms with Gasteiger partial charge < -0.3 is 14.8 Å². The van der Waals surface area contributed by atoms with Crippen LogP contribution in [0.5, 0.6) is 11.5 Å². The van der Waals surface area contributed by atoms with E-state index in [0.29, 0.717) is 20.7 Å². The summed E-state index contributed by atoms with van der Waals surface area (Å²) in [6, 6.07) is 18.8. The van der Waals surface area contributed by atoms with Gasteiger partial charge >= 0.3 is 0 Å². The molecule has 1 saturated heterocycles. The number of ether oxygens (including phenoxy) is 2. The van der Waals surface area contributed by atoms with E-state index in [1.54, 1.807) is 29.2 Å². The highest BCUT2D eigenvalue weighted by atomic mass is 32.2. The van der Waals surface area contributed by atoms with Crippen molar-refractivity contribution in [2.24, 2.45) is 0 Å². The standard InChI is InChI=1S/C28H26N2O4S2/c1-17-11-18(2)13-21(12-17)29-26(31)16-34-23-10-9-20(14-24(23)33-4)15-25-27(32)30(28(35)36-25)22-8-6-5-7-19(22)3/h5-15H,16H2,1-4H3,(H,29,31)/b25-15-. The van der Waals surface area contributed by atoms with Crippen LogP contribution in [0.4, 0.5) is 11.4 Å². The third-order valence-electron chi connectivity index (χ3n) is 5.50. The number of hydrogen-bond acceptors (Lipinski definition) is 6. The Balaban J connectivity index is 1.46. The number of para-hydroxylation sites is 1. The fraction of sp³-hybridized carbons (Fsp3) is 0.179. The van der Waals surface area contributed by atoms with Crippen LogP contribution in [-0.2, 0) is 9.59 Å². The average Bonchev–Trinajstić information content (AvgIpc) is 3.10. The number of thiocarbonyl (C=S) groups is 1. The number of carbonyl (C=O) groups is 2. The summed E-state index contributed by atoms with van der Waals surface area (Å²) in [7, 11) is 1.53. The Labute approximate surface area is 220 Å². The lowest BCUT2D eigenvalue weighted by molar-refractivity contribution is -0.118. The summed E-state index contributed by atoms with van der Waals surface area (Å²) in [4.78, 5) is 27.6. The predicted octanol–water partition coefficient (Wildman–Crippen LogP) is 6.04. The molecule has 4 rings (SSSR count). The van der Waals surface area contributed by atoms with Gasteiger partial charge in [-0.15, -0.1) is 0 Å². The number of thioether (sulfide) groups is 1. The van der Waals surface area contributed by atoms with E-state index < -0.39 is 0 Å². The molecule has 3 aromatic rings. The molecular weight excluding hydrogens is 492 g/mol. The van der Waals surface area contributed by atoms with E-state index in [0.717, 1.165) is 33.6 Å². The average molecular weight is 519 g/mol. The zero-order chi connectivity index (χ0) is 25.8. The second-order valence-corrected chi connectivity index (χ2v) is 10.1. The van der Waals surface area contributed by atoms with E-state index in [4.69, 9.17) is 21.7 Å². The SMILES string of the molecule is COc1cc(/C=C2\SC(=S)N(c3ccccc3C)C2=O)ccc1OCC(=O)Nc1cc(C)cc(C)c1. The molecule has 1 fully saturated rings. The lowest BCUT2D eigenvalue weighted by atomic mass is 10.1. The molecule has 1 N–H and O–H groups in total. The summed E-state index contributed by atoms with van der Waals surface area (Å²) in [5.41, 5.74) is 5.37. The zero-order valence-corrected chi connectivity index (χ0v) is 22.1. The first-order valence-corrected chi connectivity index (χ1v) is 12.5. The Bertz CT molecular complexity index is 1360. The molecule has 2 amide bonds. The Morgan fingerprint density at radius 3 is 2.44 bits per heavy atom. The van der Waals surface area contributed by atoms with E-state index in [1.165, 1.54) is 18.9 Å². The quantitative estimate of drug-likeness (QED) is 0.304. The number of anilines is 2. The normalized spacial score (nSPS) is 14.3. The molecule has 0 spiro atoms. The van der Waals surface area contributed by atoms with Gasteiger partial charge in [-0.05, 0) is 79.4 Å². The zero-order valence-electron chi connectivity index (χ0n) is 20.5. The van der Waals surface area contributed by atoms with Gasteiger partial charge in [0.15, 0.2) is 22.4 Å². The van der Waals surface area contributed by atoms with Crippen LogP contribution in [0.15, 0.2) is 65.6 Å². The molecule has 0 atom stereocenters. The first-order chi connectivity index (χ1) is 17.2. The Kier molecular flexibility index (Phi) is 7.76. The maximum Gasteiger partial charge on any atom is 0.270 e. The second-order valence-electron chi connectivity index (χ2n) is 8.43. The first kappa shape index (κ1) is 25.5. The molecule has 1 heterocycles. The van der Waals surface area contributed by atoms with E-state index >= 15 is 0 Å². The molecular formula is C28H26N2O4S2. The molecule has 1 aliphatic rings. The maximum atomic E-state index is 13.1. The van der Waals surface area contributed by atoms with Crippen LogP contribution in [0.2, 0.25) is 0 Å². The molecule has 0 bridgehead atoms. The van der Waals surface area contributed by atoms with Gasteiger partial charge in [-0.1, -0.05) is 54.3 Å². The van der Waals surface area contributed by atoms with Gasteiger partial charge in [0.2, 0.25) is 0 Å². The van der Waals surface area contributed by atoms with Crippen molar-refractivity contribution in [3.63, 3.8) is 0 Å². The molecule has 0 saturated carbocycles. The number of carbonyl (C=O) groups excluding carboxylic acids is 2. The molecule has 0 radical (unpaired) electrons. The van der Waals surface area contributed by atoms with Crippen molar-refractivity contribution in [2.75, 3.05) is 23.9 Å². The van der Waals surface area contributed by atoms with Crippen LogP contribution < -0.4 is 19.7 Å². The van der Waals surface area contributed by atoms with E-state index in [9.17, 15) is 9.59 Å². The molecule has 0 aromatic heterocycles. The van der Waals surface area contributed by atoms with Crippen molar-refractivity contribution in [1.29, 1.82) is 0 Å². The number of nitrogens with zero attached hydrogens (tertiary/aromatic N) is 1. The highest BCUT2D eigenvalue weighted by Gasteiger charge is 2.34. The third-order valence-corrected chi connectivity index (χ3v) is 6.80. The van der Waals surface area contributed by atoms with Crippen molar-refractivity contribution in [2.45, 2.75) is 20.8 Å². The van der Waals surface area contributed by atoms with Crippen LogP contribution >= 0.6 is 24.0 Å². The van der Waals surface area contributed by atoms with Crippen LogP contribution in [0, 0.1) is 20.8 Å². The number of benzene rings is 3. The Morgan fingerprint density at radius 1 is 1.03 bits per heavy atom. The number of hydrogen-bond donors (Lipinski definition) is 1. The van der Waals surface area contributed by atoms with E-state index in [2.05, 4.69) is 5.32 Å². The molecule has 3 aromatic carbocycles. The summed E-state index contributed by atoms with van der Waals surface area (Å²) in [5, 5.41) is 2.85. The maximum absolute atomic E-state index is 13.1. The van der Waals surface area contributed by atoms with Crippen LogP contribution in [0.3, 0.4) is 0 Å². The summed E-state index contributed by atoms with van der Waals surface area (Å²) < 4.78 is 11.7. The fourth-order valence-electron chi connectivity index (χ4n) is 3.92. The van der Waals surface area contributed by atoms with Crippen molar-refractivity contribution >= 4 is 57.6 Å². The number of nitrogens with one attached hydrogen (secondary N) is 1. The highest BCUT2D eigenvalue weighted by molar-refractivity contribution is 8.27. The summed E-state index contributed by atoms with van der Waals surface area (Å²) in [6.07, 6.45) is 1.77. The highest BCUT2D eigenvalue weighted by Crippen LogP contribution is 2.38. The third kappa shape index (κ3) is 5.78.